The Morgan fingerprint density at radius 2 is 2.33 bits per heavy atom. The number of nitrogens with two attached hydrogens (primary N) is 1. The fraction of sp³-hybridized carbons (Fsp3) is 0.625. The number of nitrogens with zero attached hydrogens (tertiary/aromatic N) is 1. The molecule has 1 aliphatic heterocycles. The normalized spacial score (nSPS) is 19.8. The minimum Gasteiger partial charge on any atom is -0.390 e. The molecule has 2 N–H and O–H groups in total. The van der Waals surface area contributed by atoms with Crippen LogP contribution in [0.3, 0.4) is 0 Å². The maximum Gasteiger partial charge on any atom is 0.102 e. The predicted molar refractivity (Wildman–Crippen MR) is 59.4 cm³/mol. The van der Waals surface area contributed by atoms with Gasteiger partial charge in [0, 0.05) is 18.7 Å². The van der Waals surface area contributed by atoms with Crippen LogP contribution < -0.4 is 5.73 Å². The predicted octanol–water partition coefficient (Wildman–Crippen LogP) is 1.23. The number of thioether (sulfide) groups is 1. The molecule has 4 heteroatoms. The van der Waals surface area contributed by atoms with Crippen molar-refractivity contribution in [3.8, 4) is 0 Å². The van der Waals surface area contributed by atoms with E-state index in [1.807, 2.05) is 0 Å². The fourth-order valence-corrected chi connectivity index (χ4v) is 2.29. The van der Waals surface area contributed by atoms with E-state index < -0.39 is 0 Å². The number of rotatable bonds is 2. The Hall–Kier alpha value is -0.0600. The van der Waals surface area contributed by atoms with Gasteiger partial charge in [-0.05, 0) is 24.6 Å². The van der Waals surface area contributed by atoms with E-state index in [9.17, 15) is 0 Å². The van der Waals surface area contributed by atoms with Gasteiger partial charge in [-0.25, -0.2) is 0 Å². The highest BCUT2D eigenvalue weighted by atomic mass is 32.2. The largest absolute Gasteiger partial charge is 0.390 e. The molecule has 0 saturated heterocycles. The molecule has 1 aliphatic rings. The van der Waals surface area contributed by atoms with Crippen LogP contribution in [0.1, 0.15) is 6.42 Å². The first kappa shape index (κ1) is 10.0. The summed E-state index contributed by atoms with van der Waals surface area (Å²) in [6.07, 6.45) is 3.17. The SMILES string of the molecule is CSC1=C(C(N)=S)CN(C)CC1. The summed E-state index contributed by atoms with van der Waals surface area (Å²) in [6.45, 7) is 2.02. The third kappa shape index (κ3) is 2.21. The Labute approximate surface area is 83.2 Å². The van der Waals surface area contributed by atoms with Gasteiger partial charge < -0.3 is 10.6 Å². The summed E-state index contributed by atoms with van der Waals surface area (Å²) in [5.41, 5.74) is 6.79. The molecule has 1 heterocycles. The molecule has 0 bridgehead atoms. The molecular formula is C8H14N2S2. The molecule has 0 amide bonds. The summed E-state index contributed by atoms with van der Waals surface area (Å²) < 4.78 is 0. The van der Waals surface area contributed by atoms with Crippen LogP contribution in [-0.2, 0) is 0 Å². The lowest BCUT2D eigenvalue weighted by molar-refractivity contribution is 0.359. The van der Waals surface area contributed by atoms with Gasteiger partial charge in [0.25, 0.3) is 0 Å². The highest BCUT2D eigenvalue weighted by Crippen LogP contribution is 2.25. The van der Waals surface area contributed by atoms with Crippen molar-refractivity contribution in [2.75, 3.05) is 26.4 Å². The van der Waals surface area contributed by atoms with Gasteiger partial charge in [0.1, 0.15) is 4.99 Å². The summed E-state index contributed by atoms with van der Waals surface area (Å²) in [7, 11) is 2.09. The lowest BCUT2D eigenvalue weighted by Crippen LogP contribution is -2.32. The van der Waals surface area contributed by atoms with E-state index in [1.165, 1.54) is 4.91 Å². The molecule has 0 atom stereocenters. The van der Waals surface area contributed by atoms with Crippen LogP contribution in [-0.4, -0.2) is 36.3 Å². The van der Waals surface area contributed by atoms with Crippen LogP contribution in [0.5, 0.6) is 0 Å². The number of hydrogen-bond acceptors (Lipinski definition) is 3. The maximum atomic E-state index is 5.63. The van der Waals surface area contributed by atoms with E-state index in [0.717, 1.165) is 25.1 Å². The molecular weight excluding hydrogens is 188 g/mol. The first-order valence-electron chi connectivity index (χ1n) is 3.89. The first-order chi connectivity index (χ1) is 5.65. The van der Waals surface area contributed by atoms with Crippen LogP contribution in [0.15, 0.2) is 10.5 Å². The topological polar surface area (TPSA) is 29.3 Å². The summed E-state index contributed by atoms with van der Waals surface area (Å²) in [5, 5.41) is 0. The standard InChI is InChI=1S/C8H14N2S2/c1-10-4-3-7(12-2)6(5-10)8(9)11/h3-5H2,1-2H3,(H2,9,11). The Kier molecular flexibility index (Phi) is 3.55. The fourth-order valence-electron chi connectivity index (χ4n) is 1.32. The number of hydrogen-bond donors (Lipinski definition) is 1. The molecule has 0 aliphatic carbocycles. The van der Waals surface area contributed by atoms with Crippen molar-refractivity contribution < 1.29 is 0 Å². The molecule has 0 fully saturated rings. The third-order valence-electron chi connectivity index (χ3n) is 2.03. The number of likely N-dealkylation sites (N-methyl/N-ethyl adjacent to an activating group) is 1. The Balaban J connectivity index is 2.84. The van der Waals surface area contributed by atoms with Gasteiger partial charge in [-0.2, -0.15) is 0 Å². The Morgan fingerprint density at radius 1 is 1.67 bits per heavy atom. The summed E-state index contributed by atoms with van der Waals surface area (Å²) in [4.78, 5) is 4.17. The molecule has 0 aromatic rings. The highest BCUT2D eigenvalue weighted by molar-refractivity contribution is 8.02. The van der Waals surface area contributed by atoms with Gasteiger partial charge in [-0.1, -0.05) is 12.2 Å². The molecule has 0 aromatic carbocycles. The zero-order valence-corrected chi connectivity index (χ0v) is 9.10. The van der Waals surface area contributed by atoms with Crippen LogP contribution in [0.25, 0.3) is 0 Å². The second kappa shape index (κ2) is 4.25. The summed E-state index contributed by atoms with van der Waals surface area (Å²) in [6, 6.07) is 0. The van der Waals surface area contributed by atoms with Crippen molar-refractivity contribution >= 4 is 29.0 Å². The van der Waals surface area contributed by atoms with Crippen LogP contribution in [0.4, 0.5) is 0 Å². The van der Waals surface area contributed by atoms with Crippen LogP contribution in [0, 0.1) is 0 Å². The lowest BCUT2D eigenvalue weighted by Gasteiger charge is -2.26. The molecule has 0 saturated carbocycles. The highest BCUT2D eigenvalue weighted by Gasteiger charge is 2.16. The Bertz CT molecular complexity index is 223. The van der Waals surface area contributed by atoms with Crippen molar-refractivity contribution in [1.29, 1.82) is 0 Å². The minimum absolute atomic E-state index is 0.561. The zero-order valence-electron chi connectivity index (χ0n) is 7.46. The molecule has 0 unspecified atom stereocenters. The van der Waals surface area contributed by atoms with Crippen molar-refractivity contribution in [3.05, 3.63) is 10.5 Å². The summed E-state index contributed by atoms with van der Waals surface area (Å²) in [5.74, 6) is 0. The minimum atomic E-state index is 0.561. The lowest BCUT2D eigenvalue weighted by atomic mass is 10.1. The maximum absolute atomic E-state index is 5.63. The van der Waals surface area contributed by atoms with Crippen LogP contribution >= 0.6 is 24.0 Å². The van der Waals surface area contributed by atoms with Gasteiger partial charge in [-0.15, -0.1) is 11.8 Å². The molecule has 12 heavy (non-hydrogen) atoms. The average Bonchev–Trinajstić information content (AvgIpc) is 2.04. The quantitative estimate of drug-likeness (QED) is 0.682. The smallest absolute Gasteiger partial charge is 0.102 e. The van der Waals surface area contributed by atoms with E-state index in [0.29, 0.717) is 4.99 Å². The van der Waals surface area contributed by atoms with Crippen LogP contribution in [0.2, 0.25) is 0 Å². The van der Waals surface area contributed by atoms with E-state index in [1.54, 1.807) is 11.8 Å². The second-order valence-corrected chi connectivity index (χ2v) is 4.30. The van der Waals surface area contributed by atoms with E-state index >= 15 is 0 Å². The van der Waals surface area contributed by atoms with Crippen molar-refractivity contribution in [3.63, 3.8) is 0 Å². The van der Waals surface area contributed by atoms with Gasteiger partial charge in [0.2, 0.25) is 0 Å². The van der Waals surface area contributed by atoms with Gasteiger partial charge in [0.05, 0.1) is 0 Å². The van der Waals surface area contributed by atoms with E-state index in [4.69, 9.17) is 18.0 Å². The Morgan fingerprint density at radius 3 is 2.83 bits per heavy atom. The van der Waals surface area contributed by atoms with Gasteiger partial charge in [-0.3, -0.25) is 0 Å². The molecule has 2 nitrogen and oxygen atoms in total. The van der Waals surface area contributed by atoms with E-state index in [2.05, 4.69) is 18.2 Å². The molecule has 0 radical (unpaired) electrons. The van der Waals surface area contributed by atoms with Crippen molar-refractivity contribution in [2.24, 2.45) is 5.73 Å². The zero-order chi connectivity index (χ0) is 9.14. The number of thiocarbonyl (C=S) groups is 1. The first-order valence-corrected chi connectivity index (χ1v) is 5.52. The van der Waals surface area contributed by atoms with Gasteiger partial charge in [0.15, 0.2) is 0 Å². The van der Waals surface area contributed by atoms with E-state index in [-0.39, 0.29) is 0 Å². The molecule has 0 spiro atoms. The monoisotopic (exact) mass is 202 g/mol. The molecule has 1 rings (SSSR count). The second-order valence-electron chi connectivity index (χ2n) is 2.96. The third-order valence-corrected chi connectivity index (χ3v) is 3.22. The molecule has 0 aromatic heterocycles. The molecule has 68 valence electrons. The van der Waals surface area contributed by atoms with Gasteiger partial charge >= 0.3 is 0 Å². The van der Waals surface area contributed by atoms with Crippen molar-refractivity contribution in [2.45, 2.75) is 6.42 Å². The average molecular weight is 202 g/mol. The van der Waals surface area contributed by atoms with Crippen molar-refractivity contribution in [1.82, 2.24) is 4.90 Å². The summed E-state index contributed by atoms with van der Waals surface area (Å²) >= 11 is 6.76.